The molecular weight excluding hydrogens is 162 g/mol. The minimum Gasteiger partial charge on any atom is -0.464 e. The van der Waals surface area contributed by atoms with E-state index in [2.05, 4.69) is 10.7 Å². The highest BCUT2D eigenvalue weighted by Gasteiger charge is 2.17. The lowest BCUT2D eigenvalue weighted by Gasteiger charge is -2.07. The van der Waals surface area contributed by atoms with E-state index < -0.39 is 5.97 Å². The largest absolute Gasteiger partial charge is 0.464 e. The molecule has 0 aromatic rings. The second-order valence-electron chi connectivity index (χ2n) is 2.72. The Balaban J connectivity index is 2.03. The normalized spacial score (nSPS) is 22.6. The van der Waals surface area contributed by atoms with Gasteiger partial charge in [-0.1, -0.05) is 0 Å². The molecule has 0 aromatic carbocycles. The highest BCUT2D eigenvalue weighted by Crippen LogP contribution is 2.12. The van der Waals surface area contributed by atoms with Crippen molar-refractivity contribution in [3.8, 4) is 0 Å². The van der Waals surface area contributed by atoms with Crippen molar-refractivity contribution >= 4 is 5.97 Å². The maximum atomic E-state index is 10.7. The third-order valence-corrected chi connectivity index (χ3v) is 1.71. The fraction of sp³-hybridized carbons (Fsp3) is 0.857. The minimum atomic E-state index is -0.426. The summed E-state index contributed by atoms with van der Waals surface area (Å²) in [5, 5.41) is 0. The highest BCUT2D eigenvalue weighted by atomic mass is 16.6. The maximum absolute atomic E-state index is 10.7. The van der Waals surface area contributed by atoms with Gasteiger partial charge in [0.15, 0.2) is 6.61 Å². The summed E-state index contributed by atoms with van der Waals surface area (Å²) in [6.45, 7) is 1.65. The third kappa shape index (κ3) is 3.17. The Morgan fingerprint density at radius 1 is 1.67 bits per heavy atom. The summed E-state index contributed by atoms with van der Waals surface area (Å²) in [6, 6.07) is 0. The molecule has 1 unspecified atom stereocenters. The summed E-state index contributed by atoms with van der Waals surface area (Å²) in [7, 11) is 0. The molecule has 12 heavy (non-hydrogen) atoms. The first-order valence-corrected chi connectivity index (χ1v) is 3.88. The Kier molecular flexibility index (Phi) is 3.99. The molecule has 0 spiro atoms. The molecule has 0 bridgehead atoms. The standard InChI is InChI=1S/C7H13NO4/c8-12-5-7(9)11-4-6-1-2-10-3-6/h6H,1-5,8H2. The van der Waals surface area contributed by atoms with Crippen molar-refractivity contribution < 1.29 is 19.1 Å². The van der Waals surface area contributed by atoms with Crippen LogP contribution < -0.4 is 5.90 Å². The van der Waals surface area contributed by atoms with Gasteiger partial charge < -0.3 is 9.47 Å². The van der Waals surface area contributed by atoms with E-state index in [9.17, 15) is 4.79 Å². The molecule has 0 aromatic heterocycles. The molecule has 0 radical (unpaired) electrons. The van der Waals surface area contributed by atoms with E-state index in [0.29, 0.717) is 19.1 Å². The molecular formula is C7H13NO4. The van der Waals surface area contributed by atoms with Gasteiger partial charge in [-0.2, -0.15) is 0 Å². The van der Waals surface area contributed by atoms with Gasteiger partial charge in [-0.15, -0.1) is 0 Å². The van der Waals surface area contributed by atoms with E-state index >= 15 is 0 Å². The molecule has 1 aliphatic rings. The quantitative estimate of drug-likeness (QED) is 0.459. The van der Waals surface area contributed by atoms with Crippen LogP contribution in [0.3, 0.4) is 0 Å². The summed E-state index contributed by atoms with van der Waals surface area (Å²) in [6.07, 6.45) is 0.955. The zero-order chi connectivity index (χ0) is 8.81. The molecule has 1 saturated heterocycles. The Bertz CT molecular complexity index is 144. The van der Waals surface area contributed by atoms with Gasteiger partial charge in [-0.05, 0) is 6.42 Å². The van der Waals surface area contributed by atoms with Crippen LogP contribution in [0.2, 0.25) is 0 Å². The van der Waals surface area contributed by atoms with Crippen molar-refractivity contribution in [3.05, 3.63) is 0 Å². The average molecular weight is 175 g/mol. The van der Waals surface area contributed by atoms with Crippen molar-refractivity contribution in [2.75, 3.05) is 26.4 Å². The summed E-state index contributed by atoms with van der Waals surface area (Å²) in [5.74, 6) is 4.60. The Labute approximate surface area is 70.7 Å². The smallest absolute Gasteiger partial charge is 0.334 e. The Morgan fingerprint density at radius 2 is 2.50 bits per heavy atom. The topological polar surface area (TPSA) is 70.8 Å². The molecule has 1 atom stereocenters. The fourth-order valence-corrected chi connectivity index (χ4v) is 1.04. The van der Waals surface area contributed by atoms with Gasteiger partial charge in [-0.25, -0.2) is 10.7 Å². The number of hydrogen-bond donors (Lipinski definition) is 1. The number of carbonyl (C=O) groups is 1. The van der Waals surface area contributed by atoms with E-state index in [-0.39, 0.29) is 6.61 Å². The van der Waals surface area contributed by atoms with Gasteiger partial charge in [0.1, 0.15) is 0 Å². The lowest BCUT2D eigenvalue weighted by atomic mass is 10.1. The van der Waals surface area contributed by atoms with Crippen LogP contribution in [0.15, 0.2) is 0 Å². The second kappa shape index (κ2) is 5.08. The fourth-order valence-electron chi connectivity index (χ4n) is 1.04. The van der Waals surface area contributed by atoms with E-state index in [4.69, 9.17) is 9.47 Å². The number of rotatable bonds is 4. The number of carbonyl (C=O) groups excluding carboxylic acids is 1. The molecule has 0 aliphatic carbocycles. The molecule has 1 aliphatic heterocycles. The first-order chi connectivity index (χ1) is 5.83. The average Bonchev–Trinajstić information content (AvgIpc) is 2.53. The lowest BCUT2D eigenvalue weighted by Crippen LogP contribution is -2.19. The molecule has 2 N–H and O–H groups in total. The maximum Gasteiger partial charge on any atom is 0.334 e. The van der Waals surface area contributed by atoms with Gasteiger partial charge in [0.05, 0.1) is 13.2 Å². The summed E-state index contributed by atoms with van der Waals surface area (Å²) in [5.41, 5.74) is 0. The molecule has 1 fully saturated rings. The van der Waals surface area contributed by atoms with Crippen LogP contribution >= 0.6 is 0 Å². The summed E-state index contributed by atoms with van der Waals surface area (Å²) in [4.78, 5) is 14.8. The molecule has 1 rings (SSSR count). The second-order valence-corrected chi connectivity index (χ2v) is 2.72. The number of nitrogens with two attached hydrogens (primary N) is 1. The van der Waals surface area contributed by atoms with E-state index in [1.165, 1.54) is 0 Å². The van der Waals surface area contributed by atoms with Crippen molar-refractivity contribution in [1.82, 2.24) is 0 Å². The van der Waals surface area contributed by atoms with E-state index in [0.717, 1.165) is 13.0 Å². The van der Waals surface area contributed by atoms with Gasteiger partial charge >= 0.3 is 5.97 Å². The predicted octanol–water partition coefficient (Wildman–Crippen LogP) is -0.544. The van der Waals surface area contributed by atoms with Crippen LogP contribution in [0, 0.1) is 5.92 Å². The molecule has 1 heterocycles. The van der Waals surface area contributed by atoms with Crippen LogP contribution in [-0.2, 0) is 19.1 Å². The Morgan fingerprint density at radius 3 is 3.08 bits per heavy atom. The summed E-state index contributed by atoms with van der Waals surface area (Å²) < 4.78 is 9.94. The number of hydrogen-bond acceptors (Lipinski definition) is 5. The monoisotopic (exact) mass is 175 g/mol. The van der Waals surface area contributed by atoms with Gasteiger partial charge in [0, 0.05) is 12.5 Å². The predicted molar refractivity (Wildman–Crippen MR) is 40.0 cm³/mol. The lowest BCUT2D eigenvalue weighted by molar-refractivity contribution is -0.150. The first kappa shape index (κ1) is 9.44. The third-order valence-electron chi connectivity index (χ3n) is 1.71. The van der Waals surface area contributed by atoms with Crippen LogP contribution in [0.1, 0.15) is 6.42 Å². The SMILES string of the molecule is NOCC(=O)OCC1CCOC1. The van der Waals surface area contributed by atoms with Crippen LogP contribution in [0.25, 0.3) is 0 Å². The molecule has 70 valence electrons. The van der Waals surface area contributed by atoms with E-state index in [1.807, 2.05) is 0 Å². The number of ether oxygens (including phenoxy) is 2. The molecule has 0 amide bonds. The van der Waals surface area contributed by atoms with Crippen LogP contribution in [-0.4, -0.2) is 32.4 Å². The van der Waals surface area contributed by atoms with Gasteiger partial charge in [-0.3, -0.25) is 4.84 Å². The van der Waals surface area contributed by atoms with Crippen molar-refractivity contribution in [3.63, 3.8) is 0 Å². The Hall–Kier alpha value is -0.650. The zero-order valence-electron chi connectivity index (χ0n) is 6.82. The molecule has 0 saturated carbocycles. The first-order valence-electron chi connectivity index (χ1n) is 3.88. The van der Waals surface area contributed by atoms with Crippen LogP contribution in [0.5, 0.6) is 0 Å². The van der Waals surface area contributed by atoms with Gasteiger partial charge in [0.25, 0.3) is 0 Å². The molecule has 5 nitrogen and oxygen atoms in total. The van der Waals surface area contributed by atoms with E-state index in [1.54, 1.807) is 0 Å². The van der Waals surface area contributed by atoms with Crippen molar-refractivity contribution in [1.29, 1.82) is 0 Å². The summed E-state index contributed by atoms with van der Waals surface area (Å²) >= 11 is 0. The van der Waals surface area contributed by atoms with Gasteiger partial charge in [0.2, 0.25) is 0 Å². The molecule has 5 heteroatoms. The van der Waals surface area contributed by atoms with Crippen molar-refractivity contribution in [2.45, 2.75) is 6.42 Å². The number of esters is 1. The van der Waals surface area contributed by atoms with Crippen LogP contribution in [0.4, 0.5) is 0 Å². The van der Waals surface area contributed by atoms with Crippen molar-refractivity contribution in [2.24, 2.45) is 11.8 Å². The highest BCUT2D eigenvalue weighted by molar-refractivity contribution is 5.70. The minimum absolute atomic E-state index is 0.187. The zero-order valence-corrected chi connectivity index (χ0v) is 6.82.